The second-order valence-electron chi connectivity index (χ2n) is 6.21. The Hall–Kier alpha value is -1.75. The van der Waals surface area contributed by atoms with Crippen molar-refractivity contribution >= 4 is 11.8 Å². The molecular weight excluding hydrogens is 304 g/mol. The van der Waals surface area contributed by atoms with Gasteiger partial charge in [0.1, 0.15) is 5.75 Å². The zero-order valence-electron chi connectivity index (χ0n) is 14.8. The molecule has 5 heteroatoms. The molecule has 24 heavy (non-hydrogen) atoms. The lowest BCUT2D eigenvalue weighted by Crippen LogP contribution is -2.31. The van der Waals surface area contributed by atoms with Crippen LogP contribution in [0, 0.1) is 0 Å². The highest BCUT2D eigenvalue weighted by molar-refractivity contribution is 5.86. The van der Waals surface area contributed by atoms with E-state index in [-0.39, 0.29) is 0 Å². The standard InChI is InChI=1S/C19H30N2O3/c1-2-3-15-23-18-11-6-5-10-17(18)20-19(22)24-16-9-14-21-12-7-4-8-13-21/h5-6,10-11H,2-4,7-9,12-16H2,1H3,(H,20,22). The second kappa shape index (κ2) is 10.9. The molecule has 0 unspecified atom stereocenters. The van der Waals surface area contributed by atoms with Crippen molar-refractivity contribution in [2.24, 2.45) is 0 Å². The summed E-state index contributed by atoms with van der Waals surface area (Å²) < 4.78 is 11.0. The maximum absolute atomic E-state index is 11.9. The highest BCUT2D eigenvalue weighted by Crippen LogP contribution is 2.24. The molecule has 5 nitrogen and oxygen atoms in total. The van der Waals surface area contributed by atoms with Crippen molar-refractivity contribution in [3.63, 3.8) is 0 Å². The van der Waals surface area contributed by atoms with E-state index in [1.807, 2.05) is 24.3 Å². The zero-order chi connectivity index (χ0) is 17.0. The van der Waals surface area contributed by atoms with Crippen molar-refractivity contribution in [2.45, 2.75) is 45.4 Å². The Labute approximate surface area is 145 Å². The highest BCUT2D eigenvalue weighted by Gasteiger charge is 2.11. The van der Waals surface area contributed by atoms with Crippen molar-refractivity contribution < 1.29 is 14.3 Å². The minimum atomic E-state index is -0.416. The Bertz CT molecular complexity index is 487. The van der Waals surface area contributed by atoms with E-state index in [1.54, 1.807) is 0 Å². The number of ether oxygens (including phenoxy) is 2. The Morgan fingerprint density at radius 2 is 1.92 bits per heavy atom. The van der Waals surface area contributed by atoms with Crippen molar-refractivity contribution in [1.29, 1.82) is 0 Å². The minimum absolute atomic E-state index is 0.416. The van der Waals surface area contributed by atoms with Crippen LogP contribution in [0.1, 0.15) is 45.4 Å². The van der Waals surface area contributed by atoms with Gasteiger partial charge in [-0.3, -0.25) is 5.32 Å². The first kappa shape index (κ1) is 18.6. The van der Waals surface area contributed by atoms with E-state index in [9.17, 15) is 4.79 Å². The molecule has 1 heterocycles. The third kappa shape index (κ3) is 6.79. The number of carbonyl (C=O) groups is 1. The summed E-state index contributed by atoms with van der Waals surface area (Å²) >= 11 is 0. The van der Waals surface area contributed by atoms with E-state index in [1.165, 1.54) is 32.4 Å². The number of para-hydroxylation sites is 2. The number of benzene rings is 1. The number of hydrogen-bond acceptors (Lipinski definition) is 4. The zero-order valence-corrected chi connectivity index (χ0v) is 14.8. The normalized spacial score (nSPS) is 15.0. The third-order valence-electron chi connectivity index (χ3n) is 4.18. The number of likely N-dealkylation sites (tertiary alicyclic amines) is 1. The van der Waals surface area contributed by atoms with Gasteiger partial charge in [0.2, 0.25) is 0 Å². The van der Waals surface area contributed by atoms with E-state index in [0.29, 0.717) is 24.7 Å². The molecule has 1 aromatic rings. The van der Waals surface area contributed by atoms with Crippen molar-refractivity contribution in [2.75, 3.05) is 38.2 Å². The van der Waals surface area contributed by atoms with Gasteiger partial charge in [0.25, 0.3) is 0 Å². The van der Waals surface area contributed by atoms with Crippen LogP contribution in [0.25, 0.3) is 0 Å². The van der Waals surface area contributed by atoms with Crippen molar-refractivity contribution in [3.8, 4) is 5.75 Å². The molecule has 1 aliphatic heterocycles. The summed E-state index contributed by atoms with van der Waals surface area (Å²) in [6.45, 7) is 6.57. The lowest BCUT2D eigenvalue weighted by molar-refractivity contribution is 0.148. The molecule has 0 saturated carbocycles. The molecule has 0 aliphatic carbocycles. The molecule has 134 valence electrons. The molecule has 1 N–H and O–H groups in total. The van der Waals surface area contributed by atoms with Crippen molar-refractivity contribution in [1.82, 2.24) is 4.90 Å². The fourth-order valence-electron chi connectivity index (χ4n) is 2.80. The number of nitrogens with zero attached hydrogens (tertiary/aromatic N) is 1. The predicted molar refractivity (Wildman–Crippen MR) is 96.7 cm³/mol. The molecule has 1 aromatic carbocycles. The number of anilines is 1. The smallest absolute Gasteiger partial charge is 0.411 e. The lowest BCUT2D eigenvalue weighted by Gasteiger charge is -2.26. The first-order valence-corrected chi connectivity index (χ1v) is 9.17. The lowest BCUT2D eigenvalue weighted by atomic mass is 10.1. The van der Waals surface area contributed by atoms with Crippen LogP contribution in [-0.2, 0) is 4.74 Å². The van der Waals surface area contributed by atoms with Crippen LogP contribution in [0.4, 0.5) is 10.5 Å². The summed E-state index contributed by atoms with van der Waals surface area (Å²) in [7, 11) is 0. The van der Waals surface area contributed by atoms with Gasteiger partial charge in [-0.1, -0.05) is 31.9 Å². The topological polar surface area (TPSA) is 50.8 Å². The molecular formula is C19H30N2O3. The van der Waals surface area contributed by atoms with Crippen LogP contribution in [0.15, 0.2) is 24.3 Å². The molecule has 0 bridgehead atoms. The fourth-order valence-corrected chi connectivity index (χ4v) is 2.80. The molecule has 1 aliphatic rings. The van der Waals surface area contributed by atoms with Crippen LogP contribution >= 0.6 is 0 Å². The first-order valence-electron chi connectivity index (χ1n) is 9.17. The maximum Gasteiger partial charge on any atom is 0.411 e. The van der Waals surface area contributed by atoms with E-state index < -0.39 is 6.09 Å². The minimum Gasteiger partial charge on any atom is -0.491 e. The summed E-state index contributed by atoms with van der Waals surface area (Å²) in [5.41, 5.74) is 0.662. The van der Waals surface area contributed by atoms with Crippen LogP contribution in [0.2, 0.25) is 0 Å². The number of carbonyl (C=O) groups excluding carboxylic acids is 1. The van der Waals surface area contributed by atoms with Gasteiger partial charge in [-0.15, -0.1) is 0 Å². The van der Waals surface area contributed by atoms with Crippen molar-refractivity contribution in [3.05, 3.63) is 24.3 Å². The molecule has 1 saturated heterocycles. The van der Waals surface area contributed by atoms with E-state index >= 15 is 0 Å². The van der Waals surface area contributed by atoms with Gasteiger partial charge in [-0.05, 0) is 50.9 Å². The second-order valence-corrected chi connectivity index (χ2v) is 6.21. The summed E-state index contributed by atoms with van der Waals surface area (Å²) in [6, 6.07) is 7.47. The fraction of sp³-hybridized carbons (Fsp3) is 0.632. The van der Waals surface area contributed by atoms with Crippen LogP contribution in [-0.4, -0.2) is 43.8 Å². The summed E-state index contributed by atoms with van der Waals surface area (Å²) in [4.78, 5) is 14.4. The Morgan fingerprint density at radius 3 is 2.71 bits per heavy atom. The number of rotatable bonds is 9. The molecule has 2 rings (SSSR count). The van der Waals surface area contributed by atoms with Gasteiger partial charge < -0.3 is 14.4 Å². The molecule has 0 radical (unpaired) electrons. The molecule has 0 aromatic heterocycles. The number of piperidine rings is 1. The van der Waals surface area contributed by atoms with Crippen LogP contribution < -0.4 is 10.1 Å². The molecule has 0 spiro atoms. The number of amides is 1. The Morgan fingerprint density at radius 1 is 1.12 bits per heavy atom. The molecule has 1 fully saturated rings. The highest BCUT2D eigenvalue weighted by atomic mass is 16.5. The first-order chi connectivity index (χ1) is 11.8. The van der Waals surface area contributed by atoms with Gasteiger partial charge in [-0.2, -0.15) is 0 Å². The van der Waals surface area contributed by atoms with Gasteiger partial charge in [0.05, 0.1) is 18.9 Å². The van der Waals surface area contributed by atoms with Gasteiger partial charge >= 0.3 is 6.09 Å². The monoisotopic (exact) mass is 334 g/mol. The number of nitrogens with one attached hydrogen (secondary N) is 1. The SMILES string of the molecule is CCCCOc1ccccc1NC(=O)OCCCN1CCCCC1. The summed E-state index contributed by atoms with van der Waals surface area (Å²) in [5, 5.41) is 2.78. The van der Waals surface area contributed by atoms with Crippen LogP contribution in [0.3, 0.4) is 0 Å². The van der Waals surface area contributed by atoms with E-state index in [0.717, 1.165) is 25.8 Å². The van der Waals surface area contributed by atoms with E-state index in [4.69, 9.17) is 9.47 Å². The largest absolute Gasteiger partial charge is 0.491 e. The van der Waals surface area contributed by atoms with Crippen LogP contribution in [0.5, 0.6) is 5.75 Å². The molecule has 1 amide bonds. The maximum atomic E-state index is 11.9. The Balaban J connectivity index is 1.67. The summed E-state index contributed by atoms with van der Waals surface area (Å²) in [6.07, 6.45) is 6.45. The quantitative estimate of drug-likeness (QED) is 0.685. The average Bonchev–Trinajstić information content (AvgIpc) is 2.61. The number of hydrogen-bond donors (Lipinski definition) is 1. The third-order valence-corrected chi connectivity index (χ3v) is 4.18. The Kier molecular flexibility index (Phi) is 8.46. The van der Waals surface area contributed by atoms with E-state index in [2.05, 4.69) is 17.1 Å². The number of unbranched alkanes of at least 4 members (excludes halogenated alkanes) is 1. The van der Waals surface area contributed by atoms with Gasteiger partial charge in [0.15, 0.2) is 0 Å². The van der Waals surface area contributed by atoms with Gasteiger partial charge in [-0.25, -0.2) is 4.79 Å². The van der Waals surface area contributed by atoms with Gasteiger partial charge in [0, 0.05) is 6.54 Å². The average molecular weight is 334 g/mol. The predicted octanol–water partition coefficient (Wildman–Crippen LogP) is 4.29. The molecule has 0 atom stereocenters. The summed E-state index contributed by atoms with van der Waals surface area (Å²) in [5.74, 6) is 0.691.